The summed E-state index contributed by atoms with van der Waals surface area (Å²) in [6, 6.07) is 7.31. The van der Waals surface area contributed by atoms with Gasteiger partial charge in [-0.15, -0.1) is 0 Å². The van der Waals surface area contributed by atoms with Crippen molar-refractivity contribution < 1.29 is 28.8 Å². The summed E-state index contributed by atoms with van der Waals surface area (Å²) in [7, 11) is 2.51. The number of amides is 2. The third-order valence-electron chi connectivity index (χ3n) is 4.60. The molecule has 12 nitrogen and oxygen atoms in total. The summed E-state index contributed by atoms with van der Waals surface area (Å²) in [5.41, 5.74) is -1.82. The molecule has 1 aromatic heterocycles. The van der Waals surface area contributed by atoms with Crippen LogP contribution in [-0.2, 0) is 20.9 Å². The van der Waals surface area contributed by atoms with Crippen LogP contribution in [0.15, 0.2) is 41.3 Å². The van der Waals surface area contributed by atoms with Gasteiger partial charge in [0, 0.05) is 19.3 Å². The Hall–Kier alpha value is -4.22. The van der Waals surface area contributed by atoms with Crippen molar-refractivity contribution in [3.63, 3.8) is 0 Å². The van der Waals surface area contributed by atoms with Crippen LogP contribution in [0, 0.1) is 10.1 Å². The molecule has 1 aliphatic heterocycles. The number of rotatable bonds is 5. The monoisotopic (exact) mass is 430 g/mol. The highest BCUT2D eigenvalue weighted by Gasteiger charge is 2.34. The zero-order valence-electron chi connectivity index (χ0n) is 16.6. The number of fused-ring (bicyclic) bond motifs is 1. The highest BCUT2D eigenvalue weighted by atomic mass is 16.6. The summed E-state index contributed by atoms with van der Waals surface area (Å²) < 4.78 is 10.9. The molecule has 162 valence electrons. The standard InChI is InChI=1S/C19H18N4O8/c1-20-17(25)15-9-22(12-5-3-4-6-14(12)31-15)16(24)10-21-8-11(19(27)30-2)7-13(18(21)26)23(28)29/h3-8,15H,9-10H2,1-2H3,(H,20,25). The predicted octanol–water partition coefficient (Wildman–Crippen LogP) is 0.0833. The summed E-state index contributed by atoms with van der Waals surface area (Å²) in [6.45, 7) is -0.748. The maximum absolute atomic E-state index is 13.1. The Morgan fingerprint density at radius 1 is 1.32 bits per heavy atom. The SMILES string of the molecule is CNC(=O)C1CN(C(=O)Cn2cc(C(=O)OC)cc([N+](=O)[O-])c2=O)c2ccccc2O1. The lowest BCUT2D eigenvalue weighted by atomic mass is 10.1. The number of anilines is 1. The molecule has 0 aliphatic carbocycles. The van der Waals surface area contributed by atoms with Crippen LogP contribution >= 0.6 is 0 Å². The van der Waals surface area contributed by atoms with Crippen LogP contribution in [-0.4, -0.2) is 54.1 Å². The van der Waals surface area contributed by atoms with E-state index in [-0.39, 0.29) is 17.9 Å². The average Bonchev–Trinajstić information content (AvgIpc) is 2.78. The lowest BCUT2D eigenvalue weighted by Crippen LogP contribution is -2.51. The molecule has 0 fully saturated rings. The van der Waals surface area contributed by atoms with Gasteiger partial charge in [0.2, 0.25) is 5.91 Å². The Kier molecular flexibility index (Phi) is 6.00. The second-order valence-corrected chi connectivity index (χ2v) is 6.49. The van der Waals surface area contributed by atoms with Gasteiger partial charge in [0.1, 0.15) is 12.3 Å². The zero-order valence-corrected chi connectivity index (χ0v) is 16.6. The number of nitrogens with one attached hydrogen (secondary N) is 1. The molecule has 1 aromatic carbocycles. The van der Waals surface area contributed by atoms with E-state index in [4.69, 9.17) is 4.74 Å². The van der Waals surface area contributed by atoms with Gasteiger partial charge in [-0.05, 0) is 12.1 Å². The number of carbonyl (C=O) groups is 3. The van der Waals surface area contributed by atoms with Gasteiger partial charge in [0.15, 0.2) is 6.10 Å². The van der Waals surface area contributed by atoms with Crippen molar-refractivity contribution in [2.24, 2.45) is 0 Å². The lowest BCUT2D eigenvalue weighted by Gasteiger charge is -2.34. The second-order valence-electron chi connectivity index (χ2n) is 6.49. The molecular weight excluding hydrogens is 412 g/mol. The number of nitrogens with zero attached hydrogens (tertiary/aromatic N) is 3. The molecule has 2 aromatic rings. The van der Waals surface area contributed by atoms with Gasteiger partial charge >= 0.3 is 17.2 Å². The van der Waals surface area contributed by atoms with Gasteiger partial charge in [0.05, 0.1) is 29.8 Å². The number of nitro groups is 1. The van der Waals surface area contributed by atoms with E-state index in [1.807, 2.05) is 0 Å². The first-order valence-electron chi connectivity index (χ1n) is 9.01. The van der Waals surface area contributed by atoms with Gasteiger partial charge in [-0.3, -0.25) is 29.1 Å². The molecule has 0 radical (unpaired) electrons. The fraction of sp³-hybridized carbons (Fsp3) is 0.263. The summed E-state index contributed by atoms with van der Waals surface area (Å²) in [4.78, 5) is 61.0. The lowest BCUT2D eigenvalue weighted by molar-refractivity contribution is -0.386. The number of hydrogen-bond donors (Lipinski definition) is 1. The van der Waals surface area contributed by atoms with Crippen molar-refractivity contribution >= 4 is 29.2 Å². The molecule has 1 N–H and O–H groups in total. The van der Waals surface area contributed by atoms with Crippen molar-refractivity contribution in [1.29, 1.82) is 0 Å². The van der Waals surface area contributed by atoms with Crippen molar-refractivity contribution in [1.82, 2.24) is 9.88 Å². The quantitative estimate of drug-likeness (QED) is 0.398. The first-order valence-corrected chi connectivity index (χ1v) is 9.01. The van der Waals surface area contributed by atoms with Crippen molar-refractivity contribution in [2.45, 2.75) is 12.6 Å². The minimum Gasteiger partial charge on any atom is -0.477 e. The van der Waals surface area contributed by atoms with Gasteiger partial charge in [-0.1, -0.05) is 12.1 Å². The fourth-order valence-electron chi connectivity index (χ4n) is 3.10. The molecule has 31 heavy (non-hydrogen) atoms. The number of ether oxygens (including phenoxy) is 2. The Labute approximate surface area is 175 Å². The van der Waals surface area contributed by atoms with Gasteiger partial charge < -0.3 is 19.7 Å². The summed E-state index contributed by atoms with van der Waals surface area (Å²) in [5.74, 6) is -1.70. The van der Waals surface area contributed by atoms with Gasteiger partial charge in [0.25, 0.3) is 5.91 Å². The van der Waals surface area contributed by atoms with Crippen molar-refractivity contribution in [3.05, 3.63) is 62.6 Å². The topological polar surface area (TPSA) is 150 Å². The molecule has 1 atom stereocenters. The minimum atomic E-state index is -1.06. The Balaban J connectivity index is 1.99. The van der Waals surface area contributed by atoms with E-state index in [2.05, 4.69) is 10.1 Å². The highest BCUT2D eigenvalue weighted by molar-refractivity contribution is 5.97. The molecule has 0 bridgehead atoms. The largest absolute Gasteiger partial charge is 0.477 e. The number of pyridine rings is 1. The van der Waals surface area contributed by atoms with E-state index in [9.17, 15) is 29.3 Å². The van der Waals surface area contributed by atoms with Crippen LogP contribution < -0.4 is 20.5 Å². The van der Waals surface area contributed by atoms with E-state index < -0.39 is 46.6 Å². The Morgan fingerprint density at radius 2 is 2.03 bits per heavy atom. The van der Waals surface area contributed by atoms with Crippen LogP contribution in [0.4, 0.5) is 11.4 Å². The fourth-order valence-corrected chi connectivity index (χ4v) is 3.10. The molecule has 2 amide bonds. The number of likely N-dealkylation sites (N-methyl/N-ethyl adjacent to an activating group) is 1. The zero-order chi connectivity index (χ0) is 22.7. The molecule has 12 heteroatoms. The number of hydrogen-bond acceptors (Lipinski definition) is 8. The number of methoxy groups -OCH3 is 1. The number of benzene rings is 1. The molecule has 1 unspecified atom stereocenters. The van der Waals surface area contributed by atoms with Gasteiger partial charge in [-0.25, -0.2) is 4.79 Å². The summed E-state index contributed by atoms with van der Waals surface area (Å²) in [6.07, 6.45) is 0.0260. The van der Waals surface area contributed by atoms with E-state index in [1.54, 1.807) is 24.3 Å². The van der Waals surface area contributed by atoms with Crippen LogP contribution in [0.2, 0.25) is 0 Å². The molecule has 0 spiro atoms. The maximum Gasteiger partial charge on any atom is 0.339 e. The van der Waals surface area contributed by atoms with Crippen molar-refractivity contribution in [3.8, 4) is 5.75 Å². The highest BCUT2D eigenvalue weighted by Crippen LogP contribution is 2.33. The third-order valence-corrected chi connectivity index (χ3v) is 4.60. The average molecular weight is 430 g/mol. The van der Waals surface area contributed by atoms with Crippen LogP contribution in [0.1, 0.15) is 10.4 Å². The number of carbonyl (C=O) groups excluding carboxylic acids is 3. The Morgan fingerprint density at radius 3 is 2.68 bits per heavy atom. The number of aromatic nitrogens is 1. The first kappa shape index (κ1) is 21.5. The van der Waals surface area contributed by atoms with E-state index in [1.165, 1.54) is 11.9 Å². The number of esters is 1. The van der Waals surface area contributed by atoms with Crippen LogP contribution in [0.3, 0.4) is 0 Å². The van der Waals surface area contributed by atoms with Crippen LogP contribution in [0.5, 0.6) is 5.75 Å². The normalized spacial score (nSPS) is 14.8. The molecular formula is C19H18N4O8. The van der Waals surface area contributed by atoms with Gasteiger partial charge in [-0.2, -0.15) is 0 Å². The molecule has 0 saturated heterocycles. The third kappa shape index (κ3) is 4.22. The number of para-hydroxylation sites is 2. The maximum atomic E-state index is 13.1. The van der Waals surface area contributed by atoms with E-state index in [0.29, 0.717) is 5.69 Å². The first-order chi connectivity index (χ1) is 14.8. The molecule has 3 rings (SSSR count). The summed E-state index contributed by atoms with van der Waals surface area (Å²) >= 11 is 0. The molecule has 2 heterocycles. The Bertz CT molecular complexity index is 1130. The predicted molar refractivity (Wildman–Crippen MR) is 106 cm³/mol. The molecule has 0 saturated carbocycles. The molecule has 1 aliphatic rings. The second kappa shape index (κ2) is 8.65. The van der Waals surface area contributed by atoms with Crippen LogP contribution in [0.25, 0.3) is 0 Å². The minimum absolute atomic E-state index is 0.136. The van der Waals surface area contributed by atoms with Crippen molar-refractivity contribution in [2.75, 3.05) is 25.6 Å². The van der Waals surface area contributed by atoms with E-state index >= 15 is 0 Å². The summed E-state index contributed by atoms with van der Waals surface area (Å²) in [5, 5.41) is 13.7. The smallest absolute Gasteiger partial charge is 0.339 e. The van der Waals surface area contributed by atoms with E-state index in [0.717, 1.165) is 23.9 Å².